The third kappa shape index (κ3) is 3.93. The van der Waals surface area contributed by atoms with Crippen LogP contribution in [0.5, 0.6) is 0 Å². The van der Waals surface area contributed by atoms with Crippen molar-refractivity contribution < 1.29 is 4.79 Å². The summed E-state index contributed by atoms with van der Waals surface area (Å²) in [5, 5.41) is 0.988. The van der Waals surface area contributed by atoms with Crippen molar-refractivity contribution in [3.63, 3.8) is 0 Å². The number of rotatable bonds is 6. The van der Waals surface area contributed by atoms with Gasteiger partial charge in [0.15, 0.2) is 0 Å². The summed E-state index contributed by atoms with van der Waals surface area (Å²) < 4.78 is 4.51. The molecule has 0 bridgehead atoms. The summed E-state index contributed by atoms with van der Waals surface area (Å²) in [5.74, 6) is 0. The van der Waals surface area contributed by atoms with E-state index in [2.05, 4.69) is 56.0 Å². The summed E-state index contributed by atoms with van der Waals surface area (Å²) in [6.45, 7) is 12.6. The van der Waals surface area contributed by atoms with Crippen molar-refractivity contribution in [3.05, 3.63) is 23.4 Å². The lowest BCUT2D eigenvalue weighted by atomic mass is 10.2. The highest BCUT2D eigenvalue weighted by Gasteiger charge is 2.34. The number of aryl methyl sites for hydroxylation is 1. The molecule has 0 spiro atoms. The zero-order valence-corrected chi connectivity index (χ0v) is 15.7. The Morgan fingerprint density at radius 2 is 2.00 bits per heavy atom. The molecular weight excluding hydrogens is 308 g/mol. The van der Waals surface area contributed by atoms with Crippen LogP contribution in [0, 0.1) is 6.92 Å². The molecule has 1 aliphatic rings. The number of anilines is 1. The number of aromatic nitrogens is 1. The molecule has 1 aromatic heterocycles. The minimum atomic E-state index is 0.0881. The monoisotopic (exact) mass is 336 g/mol. The van der Waals surface area contributed by atoms with E-state index >= 15 is 0 Å². The molecule has 1 saturated heterocycles. The van der Waals surface area contributed by atoms with Crippen molar-refractivity contribution in [2.75, 3.05) is 24.8 Å². The summed E-state index contributed by atoms with van der Waals surface area (Å²) >= 11 is 1.44. The van der Waals surface area contributed by atoms with E-state index in [1.54, 1.807) is 0 Å². The van der Waals surface area contributed by atoms with Crippen LogP contribution >= 0.6 is 11.5 Å². The minimum Gasteiger partial charge on any atom is -0.309 e. The fourth-order valence-corrected chi connectivity index (χ4v) is 3.67. The fraction of sp³-hybridized carbons (Fsp3) is 0.647. The number of carbonyl (C=O) groups excluding carboxylic acids is 1. The molecule has 2 amide bonds. The van der Waals surface area contributed by atoms with Crippen molar-refractivity contribution in [3.8, 4) is 0 Å². The van der Waals surface area contributed by atoms with Gasteiger partial charge in [-0.1, -0.05) is 26.0 Å². The molecule has 0 aliphatic carbocycles. The van der Waals surface area contributed by atoms with Crippen LogP contribution in [0.2, 0.25) is 0 Å². The summed E-state index contributed by atoms with van der Waals surface area (Å²) in [5.41, 5.74) is 2.23. The third-order valence-corrected chi connectivity index (χ3v) is 5.15. The molecule has 0 saturated carbocycles. The van der Waals surface area contributed by atoms with E-state index in [0.717, 1.165) is 35.6 Å². The summed E-state index contributed by atoms with van der Waals surface area (Å²) in [4.78, 5) is 19.0. The van der Waals surface area contributed by atoms with Crippen LogP contribution in [0.25, 0.3) is 0 Å². The predicted molar refractivity (Wildman–Crippen MR) is 97.0 cm³/mol. The second-order valence-corrected chi connectivity index (χ2v) is 6.95. The van der Waals surface area contributed by atoms with Crippen LogP contribution in [0.1, 0.15) is 45.4 Å². The lowest BCUT2D eigenvalue weighted by molar-refractivity contribution is 0.106. The molecule has 6 heteroatoms. The Bertz CT molecular complexity index is 567. The predicted octanol–water partition coefficient (Wildman–Crippen LogP) is 3.85. The van der Waals surface area contributed by atoms with Gasteiger partial charge in [-0.05, 0) is 45.1 Å². The highest BCUT2D eigenvalue weighted by molar-refractivity contribution is 7.10. The molecule has 0 N–H and O–H groups in total. The Kier molecular flexibility index (Phi) is 6.18. The van der Waals surface area contributed by atoms with Gasteiger partial charge in [-0.2, -0.15) is 4.37 Å². The molecule has 0 radical (unpaired) electrons. The quantitative estimate of drug-likeness (QED) is 0.741. The van der Waals surface area contributed by atoms with Gasteiger partial charge in [-0.3, -0.25) is 9.80 Å². The van der Waals surface area contributed by atoms with Crippen LogP contribution in [0.3, 0.4) is 0 Å². The first kappa shape index (κ1) is 17.9. The summed E-state index contributed by atoms with van der Waals surface area (Å²) in [6, 6.07) is 0.270. The van der Waals surface area contributed by atoms with E-state index in [4.69, 9.17) is 0 Å². The van der Waals surface area contributed by atoms with Gasteiger partial charge in [0.2, 0.25) is 0 Å². The van der Waals surface area contributed by atoms with Crippen LogP contribution in [-0.4, -0.2) is 46.1 Å². The highest BCUT2D eigenvalue weighted by atomic mass is 32.1. The molecule has 128 valence electrons. The molecule has 1 aromatic rings. The number of carbonyl (C=O) groups is 1. The topological polar surface area (TPSA) is 39.7 Å². The Morgan fingerprint density at radius 1 is 1.26 bits per heavy atom. The Labute approximate surface area is 143 Å². The van der Waals surface area contributed by atoms with E-state index in [1.165, 1.54) is 11.5 Å². The Balaban J connectivity index is 2.26. The maximum Gasteiger partial charge on any atom is 0.327 e. The molecule has 2 heterocycles. The lowest BCUT2D eigenvalue weighted by Crippen LogP contribution is -2.60. The van der Waals surface area contributed by atoms with E-state index in [-0.39, 0.29) is 12.1 Å². The zero-order chi connectivity index (χ0) is 17.0. The van der Waals surface area contributed by atoms with E-state index < -0.39 is 0 Å². The lowest BCUT2D eigenvalue weighted by Gasteiger charge is -2.43. The third-order valence-electron chi connectivity index (χ3n) is 4.14. The van der Waals surface area contributed by atoms with Crippen LogP contribution in [0.4, 0.5) is 9.80 Å². The van der Waals surface area contributed by atoms with Gasteiger partial charge in [-0.15, -0.1) is 0 Å². The maximum atomic E-state index is 12.9. The SMILES string of the molecule is CCC=CCN1CN(c2snc(CC)c2C)C(=O)N(C(C)C)C1. The molecule has 2 rings (SSSR count). The van der Waals surface area contributed by atoms with Gasteiger partial charge in [0.25, 0.3) is 0 Å². The number of hydrogen-bond acceptors (Lipinski definition) is 4. The average Bonchev–Trinajstić information content (AvgIpc) is 2.89. The molecule has 0 unspecified atom stereocenters. The van der Waals surface area contributed by atoms with Gasteiger partial charge in [-0.25, -0.2) is 4.79 Å². The van der Waals surface area contributed by atoms with Crippen LogP contribution < -0.4 is 4.90 Å². The van der Waals surface area contributed by atoms with Crippen molar-refractivity contribution in [1.82, 2.24) is 14.2 Å². The first-order valence-corrected chi connectivity index (χ1v) is 9.17. The van der Waals surface area contributed by atoms with Crippen molar-refractivity contribution in [2.24, 2.45) is 0 Å². The van der Waals surface area contributed by atoms with Crippen LogP contribution in [0.15, 0.2) is 12.2 Å². The van der Waals surface area contributed by atoms with Gasteiger partial charge in [0.1, 0.15) is 5.00 Å². The van der Waals surface area contributed by atoms with Crippen molar-refractivity contribution in [2.45, 2.75) is 53.5 Å². The van der Waals surface area contributed by atoms with Gasteiger partial charge in [0, 0.05) is 18.2 Å². The maximum absolute atomic E-state index is 12.9. The molecule has 1 fully saturated rings. The summed E-state index contributed by atoms with van der Waals surface area (Å²) in [6.07, 6.45) is 6.30. The van der Waals surface area contributed by atoms with E-state index in [9.17, 15) is 4.79 Å². The van der Waals surface area contributed by atoms with Crippen molar-refractivity contribution >= 4 is 22.6 Å². The number of urea groups is 1. The van der Waals surface area contributed by atoms with Gasteiger partial charge < -0.3 is 4.90 Å². The standard InChI is InChI=1S/C17H28N4OS/c1-6-8-9-10-19-11-20(13(3)4)17(22)21(12-19)16-14(5)15(7-2)18-23-16/h8-9,13H,6-7,10-12H2,1-5H3. The number of nitrogens with zero attached hydrogens (tertiary/aromatic N) is 4. The van der Waals surface area contributed by atoms with E-state index in [1.807, 2.05) is 9.80 Å². The number of amides is 2. The zero-order valence-electron chi connectivity index (χ0n) is 14.9. The van der Waals surface area contributed by atoms with Crippen molar-refractivity contribution in [1.29, 1.82) is 0 Å². The highest BCUT2D eigenvalue weighted by Crippen LogP contribution is 2.31. The Morgan fingerprint density at radius 3 is 2.57 bits per heavy atom. The van der Waals surface area contributed by atoms with E-state index in [0.29, 0.717) is 13.3 Å². The molecular formula is C17H28N4OS. The average molecular weight is 337 g/mol. The second-order valence-electron chi connectivity index (χ2n) is 6.20. The molecule has 0 atom stereocenters. The molecule has 5 nitrogen and oxygen atoms in total. The number of hydrogen-bond donors (Lipinski definition) is 0. The Hall–Kier alpha value is -1.40. The molecule has 0 aromatic carbocycles. The van der Waals surface area contributed by atoms with Gasteiger partial charge in [0.05, 0.1) is 19.0 Å². The summed E-state index contributed by atoms with van der Waals surface area (Å²) in [7, 11) is 0. The van der Waals surface area contributed by atoms with Gasteiger partial charge >= 0.3 is 6.03 Å². The number of allylic oxidation sites excluding steroid dienone is 1. The largest absolute Gasteiger partial charge is 0.327 e. The smallest absolute Gasteiger partial charge is 0.309 e. The fourth-order valence-electron chi connectivity index (χ4n) is 2.72. The minimum absolute atomic E-state index is 0.0881. The first-order chi connectivity index (χ1) is 11.0. The molecule has 1 aliphatic heterocycles. The first-order valence-electron chi connectivity index (χ1n) is 8.40. The normalized spacial score (nSPS) is 17.0. The molecule has 23 heavy (non-hydrogen) atoms. The van der Waals surface area contributed by atoms with Crippen LogP contribution in [-0.2, 0) is 6.42 Å². The second kappa shape index (κ2) is 7.93.